The van der Waals surface area contributed by atoms with Crippen LogP contribution in [0.15, 0.2) is 0 Å². The first-order valence-electron chi connectivity index (χ1n) is 3.81. The number of nitrogens with one attached hydrogen (secondary N) is 1. The number of hydrogen-bond donors (Lipinski definition) is 1. The first-order chi connectivity index (χ1) is 5.68. The van der Waals surface area contributed by atoms with Gasteiger partial charge in [-0.1, -0.05) is 0 Å². The van der Waals surface area contributed by atoms with Gasteiger partial charge in [0.15, 0.2) is 0 Å². The van der Waals surface area contributed by atoms with E-state index in [1.54, 1.807) is 0 Å². The Balaban J connectivity index is 2.24. The van der Waals surface area contributed by atoms with Crippen LogP contribution in [0.4, 0.5) is 0 Å². The third kappa shape index (κ3) is 0.895. The summed E-state index contributed by atoms with van der Waals surface area (Å²) in [5.41, 5.74) is 0. The lowest BCUT2D eigenvalue weighted by atomic mass is 10.2. The second kappa shape index (κ2) is 2.30. The Labute approximate surface area is 68.7 Å². The van der Waals surface area contributed by atoms with Gasteiger partial charge in [0, 0.05) is 6.42 Å². The zero-order chi connectivity index (χ0) is 8.72. The van der Waals surface area contributed by atoms with E-state index in [2.05, 4.69) is 5.32 Å². The molecule has 0 spiro atoms. The zero-order valence-electron chi connectivity index (χ0n) is 6.37. The molecule has 2 aliphatic heterocycles. The van der Waals surface area contributed by atoms with Crippen molar-refractivity contribution >= 4 is 17.7 Å². The highest BCUT2D eigenvalue weighted by Gasteiger charge is 2.40. The van der Waals surface area contributed by atoms with Gasteiger partial charge in [-0.25, -0.2) is 0 Å². The Morgan fingerprint density at radius 1 is 1.33 bits per heavy atom. The Morgan fingerprint density at radius 2 is 2.08 bits per heavy atom. The SMILES string of the molecule is O=C1CN2C(=O)CC[C@@H]2C(=O)N1. The Bertz CT molecular complexity index is 274. The van der Waals surface area contributed by atoms with Crippen LogP contribution in [-0.4, -0.2) is 35.2 Å². The van der Waals surface area contributed by atoms with Gasteiger partial charge in [-0.3, -0.25) is 19.7 Å². The summed E-state index contributed by atoms with van der Waals surface area (Å²) in [5.74, 6) is -0.813. The monoisotopic (exact) mass is 168 g/mol. The van der Waals surface area contributed by atoms with Crippen molar-refractivity contribution in [3.05, 3.63) is 0 Å². The number of amides is 3. The van der Waals surface area contributed by atoms with E-state index in [1.165, 1.54) is 4.90 Å². The molecule has 12 heavy (non-hydrogen) atoms. The van der Waals surface area contributed by atoms with Crippen LogP contribution in [0.2, 0.25) is 0 Å². The molecule has 0 aliphatic carbocycles. The highest BCUT2D eigenvalue weighted by Crippen LogP contribution is 2.20. The zero-order valence-corrected chi connectivity index (χ0v) is 6.37. The van der Waals surface area contributed by atoms with E-state index >= 15 is 0 Å². The topological polar surface area (TPSA) is 66.5 Å². The molecule has 0 unspecified atom stereocenters. The molecule has 5 heteroatoms. The summed E-state index contributed by atoms with van der Waals surface area (Å²) < 4.78 is 0. The number of nitrogens with zero attached hydrogens (tertiary/aromatic N) is 1. The Kier molecular flexibility index (Phi) is 1.39. The summed E-state index contributed by atoms with van der Waals surface area (Å²) in [6, 6.07) is -0.393. The van der Waals surface area contributed by atoms with E-state index < -0.39 is 6.04 Å². The summed E-state index contributed by atoms with van der Waals surface area (Å²) >= 11 is 0. The van der Waals surface area contributed by atoms with Gasteiger partial charge in [0.1, 0.15) is 12.6 Å². The van der Waals surface area contributed by atoms with Gasteiger partial charge in [-0.15, -0.1) is 0 Å². The van der Waals surface area contributed by atoms with E-state index in [4.69, 9.17) is 0 Å². The first kappa shape index (κ1) is 7.27. The molecule has 2 heterocycles. The lowest BCUT2D eigenvalue weighted by Gasteiger charge is -2.27. The molecule has 0 saturated carbocycles. The molecule has 2 aliphatic rings. The van der Waals surface area contributed by atoms with Crippen LogP contribution in [0.25, 0.3) is 0 Å². The average Bonchev–Trinajstić information content (AvgIpc) is 2.33. The fraction of sp³-hybridized carbons (Fsp3) is 0.571. The van der Waals surface area contributed by atoms with E-state index in [0.717, 1.165) is 0 Å². The minimum absolute atomic E-state index is 0.0369. The predicted octanol–water partition coefficient (Wildman–Crippen LogP) is -1.37. The number of piperazine rings is 1. The maximum absolute atomic E-state index is 11.1. The summed E-state index contributed by atoms with van der Waals surface area (Å²) in [6.07, 6.45) is 0.920. The number of rotatable bonds is 0. The molecule has 0 aromatic heterocycles. The Hall–Kier alpha value is -1.39. The van der Waals surface area contributed by atoms with Crippen molar-refractivity contribution in [1.29, 1.82) is 0 Å². The van der Waals surface area contributed by atoms with Crippen molar-refractivity contribution in [3.63, 3.8) is 0 Å². The van der Waals surface area contributed by atoms with Crippen molar-refractivity contribution < 1.29 is 14.4 Å². The largest absolute Gasteiger partial charge is 0.321 e. The maximum Gasteiger partial charge on any atom is 0.249 e. The molecule has 5 nitrogen and oxygen atoms in total. The summed E-state index contributed by atoms with van der Waals surface area (Å²) in [5, 5.41) is 2.20. The summed E-state index contributed by atoms with van der Waals surface area (Å²) in [4.78, 5) is 34.4. The number of carbonyl (C=O) groups is 3. The van der Waals surface area contributed by atoms with Gasteiger partial charge in [-0.05, 0) is 6.42 Å². The number of imide groups is 1. The molecule has 1 N–H and O–H groups in total. The lowest BCUT2D eigenvalue weighted by Crippen LogP contribution is -2.56. The summed E-state index contributed by atoms with van der Waals surface area (Å²) in [7, 11) is 0. The summed E-state index contributed by atoms with van der Waals surface area (Å²) in [6.45, 7) is 0.0369. The number of fused-ring (bicyclic) bond motifs is 1. The van der Waals surface area contributed by atoms with Gasteiger partial charge in [-0.2, -0.15) is 0 Å². The van der Waals surface area contributed by atoms with Crippen molar-refractivity contribution in [1.82, 2.24) is 10.2 Å². The molecule has 0 bridgehead atoms. The fourth-order valence-corrected chi connectivity index (χ4v) is 1.62. The van der Waals surface area contributed by atoms with Crippen LogP contribution in [0.1, 0.15) is 12.8 Å². The molecular weight excluding hydrogens is 160 g/mol. The van der Waals surface area contributed by atoms with Gasteiger partial charge < -0.3 is 4.90 Å². The normalized spacial score (nSPS) is 28.8. The molecule has 0 aromatic rings. The van der Waals surface area contributed by atoms with Crippen LogP contribution in [0, 0.1) is 0 Å². The first-order valence-corrected chi connectivity index (χ1v) is 3.81. The van der Waals surface area contributed by atoms with Gasteiger partial charge >= 0.3 is 0 Å². The van der Waals surface area contributed by atoms with E-state index in [0.29, 0.717) is 12.8 Å². The van der Waals surface area contributed by atoms with Crippen LogP contribution >= 0.6 is 0 Å². The van der Waals surface area contributed by atoms with E-state index in [1.807, 2.05) is 0 Å². The minimum Gasteiger partial charge on any atom is -0.321 e. The quantitative estimate of drug-likeness (QED) is 0.454. The van der Waals surface area contributed by atoms with Crippen molar-refractivity contribution in [2.24, 2.45) is 0 Å². The van der Waals surface area contributed by atoms with Crippen molar-refractivity contribution in [2.75, 3.05) is 6.54 Å². The van der Waals surface area contributed by atoms with Crippen LogP contribution < -0.4 is 5.32 Å². The van der Waals surface area contributed by atoms with Gasteiger partial charge in [0.25, 0.3) is 0 Å². The highest BCUT2D eigenvalue weighted by molar-refractivity contribution is 6.05. The van der Waals surface area contributed by atoms with E-state index in [-0.39, 0.29) is 24.3 Å². The molecule has 1 atom stereocenters. The Morgan fingerprint density at radius 3 is 2.83 bits per heavy atom. The van der Waals surface area contributed by atoms with Crippen LogP contribution in [-0.2, 0) is 14.4 Å². The smallest absolute Gasteiger partial charge is 0.249 e. The van der Waals surface area contributed by atoms with Crippen LogP contribution in [0.3, 0.4) is 0 Å². The number of carbonyl (C=O) groups excluding carboxylic acids is 3. The van der Waals surface area contributed by atoms with E-state index in [9.17, 15) is 14.4 Å². The van der Waals surface area contributed by atoms with Crippen molar-refractivity contribution in [3.8, 4) is 0 Å². The molecule has 2 saturated heterocycles. The van der Waals surface area contributed by atoms with Gasteiger partial charge in [0.05, 0.1) is 0 Å². The third-order valence-corrected chi connectivity index (χ3v) is 2.21. The van der Waals surface area contributed by atoms with Crippen LogP contribution in [0.5, 0.6) is 0 Å². The average molecular weight is 168 g/mol. The molecular formula is C7H8N2O3. The lowest BCUT2D eigenvalue weighted by molar-refractivity contribution is -0.145. The molecule has 0 radical (unpaired) electrons. The molecule has 2 fully saturated rings. The minimum atomic E-state index is -0.393. The molecule has 3 amide bonds. The van der Waals surface area contributed by atoms with Gasteiger partial charge in [0.2, 0.25) is 17.7 Å². The molecule has 64 valence electrons. The molecule has 0 aromatic carbocycles. The molecule has 2 rings (SSSR count). The fourth-order valence-electron chi connectivity index (χ4n) is 1.62. The maximum atomic E-state index is 11.1. The third-order valence-electron chi connectivity index (χ3n) is 2.21. The highest BCUT2D eigenvalue weighted by atomic mass is 16.2. The second-order valence-electron chi connectivity index (χ2n) is 2.99. The second-order valence-corrected chi connectivity index (χ2v) is 2.99. The standard InChI is InChI=1S/C7H8N2O3/c10-5-3-9-4(7(12)8-5)1-2-6(9)11/h4H,1-3H2,(H,8,10,12)/t4-/m1/s1. The van der Waals surface area contributed by atoms with Crippen molar-refractivity contribution in [2.45, 2.75) is 18.9 Å². The predicted molar refractivity (Wildman–Crippen MR) is 37.9 cm³/mol. The number of hydrogen-bond acceptors (Lipinski definition) is 3.